The van der Waals surface area contributed by atoms with Crippen molar-refractivity contribution in [2.24, 2.45) is 7.05 Å². The zero-order valence-electron chi connectivity index (χ0n) is 14.9. The Morgan fingerprint density at radius 1 is 1.19 bits per heavy atom. The van der Waals surface area contributed by atoms with E-state index in [9.17, 15) is 9.59 Å². The molecule has 0 saturated carbocycles. The number of thiazole rings is 1. The van der Waals surface area contributed by atoms with Gasteiger partial charge in [0.15, 0.2) is 0 Å². The molecule has 0 spiro atoms. The topological polar surface area (TPSA) is 76.9 Å². The number of thiophene rings is 1. The molecule has 6 nitrogen and oxygen atoms in total. The van der Waals surface area contributed by atoms with Crippen LogP contribution in [0, 0.1) is 13.8 Å². The average molecular weight is 396 g/mol. The van der Waals surface area contributed by atoms with Crippen LogP contribution >= 0.6 is 22.7 Å². The fourth-order valence-electron chi connectivity index (χ4n) is 2.83. The van der Waals surface area contributed by atoms with Gasteiger partial charge in [-0.1, -0.05) is 12.1 Å². The van der Waals surface area contributed by atoms with Gasteiger partial charge in [0.25, 0.3) is 11.5 Å². The van der Waals surface area contributed by atoms with E-state index in [2.05, 4.69) is 15.3 Å². The number of hydrogen-bond donors (Lipinski definition) is 1. The number of fused-ring (bicyclic) bond motifs is 1. The number of rotatable bonds is 3. The maximum Gasteiger partial charge on any atom is 0.266 e. The summed E-state index contributed by atoms with van der Waals surface area (Å²) in [6.07, 6.45) is 1.47. The number of carbonyl (C=O) groups is 1. The lowest BCUT2D eigenvalue weighted by molar-refractivity contribution is 0.103. The third-order valence-electron chi connectivity index (χ3n) is 4.27. The van der Waals surface area contributed by atoms with Crippen LogP contribution in [0.4, 0.5) is 5.69 Å². The maximum atomic E-state index is 12.7. The Bertz CT molecular complexity index is 1220. The molecule has 0 aliphatic carbocycles. The highest BCUT2D eigenvalue weighted by Crippen LogP contribution is 2.28. The van der Waals surface area contributed by atoms with Gasteiger partial charge in [-0.05, 0) is 31.5 Å². The van der Waals surface area contributed by atoms with Gasteiger partial charge in [-0.2, -0.15) is 0 Å². The second-order valence-electron chi connectivity index (χ2n) is 6.18. The third kappa shape index (κ3) is 3.17. The van der Waals surface area contributed by atoms with Gasteiger partial charge in [0.2, 0.25) is 0 Å². The fourth-order valence-corrected chi connectivity index (χ4v) is 4.49. The highest BCUT2D eigenvalue weighted by atomic mass is 32.1. The molecule has 0 aliphatic heterocycles. The smallest absolute Gasteiger partial charge is 0.266 e. The van der Waals surface area contributed by atoms with Gasteiger partial charge in [-0.25, -0.2) is 9.97 Å². The summed E-state index contributed by atoms with van der Waals surface area (Å²) in [6.45, 7) is 3.75. The van der Waals surface area contributed by atoms with Crippen molar-refractivity contribution in [3.63, 3.8) is 0 Å². The summed E-state index contributed by atoms with van der Waals surface area (Å²) in [5.41, 5.74) is 3.14. The molecule has 3 heterocycles. The van der Waals surface area contributed by atoms with Crippen molar-refractivity contribution >= 4 is 44.5 Å². The number of nitrogens with zero attached hydrogens (tertiary/aromatic N) is 3. The summed E-state index contributed by atoms with van der Waals surface area (Å²) >= 11 is 2.84. The van der Waals surface area contributed by atoms with Gasteiger partial charge in [-0.15, -0.1) is 22.7 Å². The quantitative estimate of drug-likeness (QED) is 0.568. The van der Waals surface area contributed by atoms with Gasteiger partial charge >= 0.3 is 0 Å². The third-order valence-corrected chi connectivity index (χ3v) is 6.25. The Labute approximate surface area is 163 Å². The molecule has 0 radical (unpaired) electrons. The minimum Gasteiger partial charge on any atom is -0.321 e. The van der Waals surface area contributed by atoms with E-state index in [0.717, 1.165) is 16.3 Å². The van der Waals surface area contributed by atoms with E-state index in [-0.39, 0.29) is 11.5 Å². The number of anilines is 1. The molecule has 1 amide bonds. The fraction of sp³-hybridized carbons (Fsp3) is 0.158. The first-order chi connectivity index (χ1) is 12.9. The van der Waals surface area contributed by atoms with Crippen LogP contribution < -0.4 is 10.9 Å². The number of aromatic nitrogens is 3. The van der Waals surface area contributed by atoms with Crippen molar-refractivity contribution in [2.75, 3.05) is 5.32 Å². The van der Waals surface area contributed by atoms with E-state index in [1.807, 2.05) is 36.6 Å². The van der Waals surface area contributed by atoms with E-state index in [1.165, 1.54) is 22.2 Å². The number of carbonyl (C=O) groups excluding carboxylic acids is 1. The number of amides is 1. The van der Waals surface area contributed by atoms with Gasteiger partial charge in [-0.3, -0.25) is 9.59 Å². The maximum absolute atomic E-state index is 12.7. The summed E-state index contributed by atoms with van der Waals surface area (Å²) in [7, 11) is 1.65. The summed E-state index contributed by atoms with van der Waals surface area (Å²) in [6, 6.07) is 7.56. The van der Waals surface area contributed by atoms with E-state index < -0.39 is 0 Å². The summed E-state index contributed by atoms with van der Waals surface area (Å²) in [5, 5.41) is 6.43. The molecule has 1 aromatic carbocycles. The van der Waals surface area contributed by atoms with Crippen LogP contribution in [0.25, 0.3) is 21.5 Å². The predicted molar refractivity (Wildman–Crippen MR) is 110 cm³/mol. The molecule has 0 bridgehead atoms. The summed E-state index contributed by atoms with van der Waals surface area (Å²) < 4.78 is 1.42. The van der Waals surface area contributed by atoms with Crippen molar-refractivity contribution < 1.29 is 4.79 Å². The Hall–Kier alpha value is -2.84. The van der Waals surface area contributed by atoms with Crippen molar-refractivity contribution in [1.82, 2.24) is 14.5 Å². The average Bonchev–Trinajstić information content (AvgIpc) is 3.23. The highest BCUT2D eigenvalue weighted by molar-refractivity contribution is 7.20. The lowest BCUT2D eigenvalue weighted by Gasteiger charge is -2.05. The van der Waals surface area contributed by atoms with Crippen molar-refractivity contribution in [1.29, 1.82) is 0 Å². The largest absolute Gasteiger partial charge is 0.321 e. The molecule has 0 fully saturated rings. The molecule has 0 unspecified atom stereocenters. The van der Waals surface area contributed by atoms with E-state index in [0.29, 0.717) is 26.3 Å². The van der Waals surface area contributed by atoms with Crippen LogP contribution in [-0.4, -0.2) is 20.4 Å². The molecule has 0 saturated heterocycles. The monoisotopic (exact) mass is 396 g/mol. The van der Waals surface area contributed by atoms with Crippen LogP contribution in [0.2, 0.25) is 0 Å². The lowest BCUT2D eigenvalue weighted by Crippen LogP contribution is -2.17. The second-order valence-corrected chi connectivity index (χ2v) is 8.24. The molecule has 4 aromatic rings. The summed E-state index contributed by atoms with van der Waals surface area (Å²) in [4.78, 5) is 34.8. The van der Waals surface area contributed by atoms with Gasteiger partial charge in [0, 0.05) is 23.7 Å². The van der Waals surface area contributed by atoms with Crippen molar-refractivity contribution in [3.8, 4) is 11.3 Å². The zero-order valence-corrected chi connectivity index (χ0v) is 16.6. The molecule has 8 heteroatoms. The summed E-state index contributed by atoms with van der Waals surface area (Å²) in [5.74, 6) is -0.241. The SMILES string of the molecule is Cc1nc(-c2ccc(NC(=O)c3sc4ncn(C)c(=O)c4c3C)cc2)cs1. The molecule has 3 aromatic heterocycles. The van der Waals surface area contributed by atoms with Crippen LogP contribution in [0.3, 0.4) is 0 Å². The molecule has 0 aliphatic rings. The number of hydrogen-bond acceptors (Lipinski definition) is 6. The molecular weight excluding hydrogens is 380 g/mol. The van der Waals surface area contributed by atoms with Crippen LogP contribution in [0.5, 0.6) is 0 Å². The molecule has 27 heavy (non-hydrogen) atoms. The van der Waals surface area contributed by atoms with Gasteiger partial charge in [0.05, 0.1) is 27.3 Å². The van der Waals surface area contributed by atoms with E-state index >= 15 is 0 Å². The van der Waals surface area contributed by atoms with Crippen LogP contribution in [-0.2, 0) is 7.05 Å². The highest BCUT2D eigenvalue weighted by Gasteiger charge is 2.19. The Morgan fingerprint density at radius 2 is 1.93 bits per heavy atom. The molecule has 4 rings (SSSR count). The second kappa shape index (κ2) is 6.71. The predicted octanol–water partition coefficient (Wildman–Crippen LogP) is 3.99. The molecule has 0 atom stereocenters. The first kappa shape index (κ1) is 17.6. The number of aryl methyl sites for hydroxylation is 3. The first-order valence-corrected chi connectivity index (χ1v) is 9.92. The molecule has 1 N–H and O–H groups in total. The first-order valence-electron chi connectivity index (χ1n) is 8.22. The number of nitrogens with one attached hydrogen (secondary N) is 1. The standard InChI is InChI=1S/C19H16N4O2S2/c1-10-15-18(20-9-23(3)19(15)25)27-16(10)17(24)22-13-6-4-12(5-7-13)14-8-26-11(2)21-14/h4-9H,1-3H3,(H,22,24). The van der Waals surface area contributed by atoms with E-state index in [1.54, 1.807) is 25.3 Å². The van der Waals surface area contributed by atoms with Crippen molar-refractivity contribution in [2.45, 2.75) is 13.8 Å². The lowest BCUT2D eigenvalue weighted by atomic mass is 10.1. The minimum atomic E-state index is -0.241. The van der Waals surface area contributed by atoms with Crippen molar-refractivity contribution in [3.05, 3.63) is 61.8 Å². The molecule has 136 valence electrons. The van der Waals surface area contributed by atoms with Crippen LogP contribution in [0.1, 0.15) is 20.2 Å². The Balaban J connectivity index is 1.61. The zero-order chi connectivity index (χ0) is 19.1. The Kier molecular flexibility index (Phi) is 4.37. The number of benzene rings is 1. The Morgan fingerprint density at radius 3 is 2.59 bits per heavy atom. The van der Waals surface area contributed by atoms with Crippen LogP contribution in [0.15, 0.2) is 40.8 Å². The van der Waals surface area contributed by atoms with Gasteiger partial charge in [0.1, 0.15) is 4.83 Å². The molecular formula is C19H16N4O2S2. The normalized spacial score (nSPS) is 11.1. The minimum absolute atomic E-state index is 0.143. The van der Waals surface area contributed by atoms with E-state index in [4.69, 9.17) is 0 Å². The van der Waals surface area contributed by atoms with Gasteiger partial charge < -0.3 is 9.88 Å².